The molecule has 0 aliphatic carbocycles. The molecule has 0 bridgehead atoms. The van der Waals surface area contributed by atoms with Crippen molar-refractivity contribution in [2.75, 3.05) is 4.90 Å². The third-order valence-corrected chi connectivity index (χ3v) is 8.69. The molecule has 0 fully saturated rings. The fourth-order valence-corrected chi connectivity index (χ4v) is 6.83. The zero-order chi connectivity index (χ0) is 29.2. The number of hydrogen-bond donors (Lipinski definition) is 0. The van der Waals surface area contributed by atoms with Gasteiger partial charge in [0.2, 0.25) is 6.34 Å². The van der Waals surface area contributed by atoms with Crippen molar-refractivity contribution in [3.8, 4) is 11.1 Å². The Labute approximate surface area is 251 Å². The van der Waals surface area contributed by atoms with Crippen molar-refractivity contribution in [3.63, 3.8) is 0 Å². The van der Waals surface area contributed by atoms with Crippen LogP contribution < -0.4 is 4.90 Å². The summed E-state index contributed by atoms with van der Waals surface area (Å²) in [7, 11) is 0. The van der Waals surface area contributed by atoms with Crippen LogP contribution in [0.4, 0.5) is 11.4 Å². The summed E-state index contributed by atoms with van der Waals surface area (Å²) in [6.45, 7) is 11.2. The van der Waals surface area contributed by atoms with Crippen LogP contribution in [-0.4, -0.2) is 10.9 Å². The van der Waals surface area contributed by atoms with Gasteiger partial charge in [-0.05, 0) is 67.5 Å². The van der Waals surface area contributed by atoms with Gasteiger partial charge in [-0.2, -0.15) is 0 Å². The lowest BCUT2D eigenvalue weighted by Crippen LogP contribution is -2.26. The van der Waals surface area contributed by atoms with Gasteiger partial charge in [0, 0.05) is 16.7 Å². The summed E-state index contributed by atoms with van der Waals surface area (Å²) in [6, 6.07) is 42.9. The van der Waals surface area contributed by atoms with Gasteiger partial charge in [-0.1, -0.05) is 129 Å². The largest absolute Gasteiger partial charge is 0.245 e. The molecule has 0 spiro atoms. The van der Waals surface area contributed by atoms with Crippen LogP contribution in [0, 0.1) is 20.8 Å². The molecule has 42 heavy (non-hydrogen) atoms. The molecule has 5 aromatic rings. The third-order valence-electron chi connectivity index (χ3n) is 8.69. The lowest BCUT2D eigenvalue weighted by atomic mass is 9.90. The Morgan fingerprint density at radius 3 is 1.76 bits per heavy atom. The second-order valence-electron chi connectivity index (χ2n) is 11.7. The van der Waals surface area contributed by atoms with Gasteiger partial charge in [0.05, 0.1) is 0 Å². The first-order valence-electron chi connectivity index (χ1n) is 15.3. The zero-order valence-corrected chi connectivity index (χ0v) is 25.5. The highest BCUT2D eigenvalue weighted by molar-refractivity contribution is 5.90. The van der Waals surface area contributed by atoms with Gasteiger partial charge in [0.15, 0.2) is 12.1 Å². The Bertz CT molecular complexity index is 1690. The Hall–Kier alpha value is -4.43. The molecule has 0 saturated heterocycles. The van der Waals surface area contributed by atoms with Crippen LogP contribution in [0.3, 0.4) is 0 Å². The van der Waals surface area contributed by atoms with Crippen LogP contribution >= 0.6 is 0 Å². The summed E-state index contributed by atoms with van der Waals surface area (Å²) in [5, 5.41) is 0. The van der Waals surface area contributed by atoms with E-state index in [-0.39, 0.29) is 12.1 Å². The molecule has 1 heterocycles. The second-order valence-corrected chi connectivity index (χ2v) is 11.7. The van der Waals surface area contributed by atoms with Gasteiger partial charge < -0.3 is 0 Å². The number of nitrogens with zero attached hydrogens (tertiary/aromatic N) is 2. The van der Waals surface area contributed by atoms with Crippen molar-refractivity contribution < 1.29 is 4.58 Å². The number of anilines is 1. The molecule has 5 aromatic carbocycles. The van der Waals surface area contributed by atoms with E-state index in [4.69, 9.17) is 0 Å². The number of hydrogen-bond acceptors (Lipinski definition) is 1. The Morgan fingerprint density at radius 2 is 1.17 bits per heavy atom. The molecule has 210 valence electrons. The molecule has 0 aromatic heterocycles. The van der Waals surface area contributed by atoms with Crippen molar-refractivity contribution in [3.05, 3.63) is 154 Å². The van der Waals surface area contributed by atoms with Crippen molar-refractivity contribution in [1.82, 2.24) is 0 Å². The van der Waals surface area contributed by atoms with Crippen molar-refractivity contribution >= 4 is 17.7 Å². The molecular formula is C40H41N2+. The average molecular weight is 550 g/mol. The van der Waals surface area contributed by atoms with Crippen molar-refractivity contribution in [1.29, 1.82) is 0 Å². The van der Waals surface area contributed by atoms with Gasteiger partial charge >= 0.3 is 0 Å². The zero-order valence-electron chi connectivity index (χ0n) is 25.5. The lowest BCUT2D eigenvalue weighted by molar-refractivity contribution is -0.482. The van der Waals surface area contributed by atoms with E-state index in [2.05, 4.69) is 166 Å². The van der Waals surface area contributed by atoms with Crippen LogP contribution in [0.15, 0.2) is 115 Å². The Balaban J connectivity index is 1.63. The molecule has 2 atom stereocenters. The number of para-hydroxylation sites is 1. The summed E-state index contributed by atoms with van der Waals surface area (Å²) in [4.78, 5) is 2.53. The molecule has 0 saturated carbocycles. The van der Waals surface area contributed by atoms with Crippen molar-refractivity contribution in [2.45, 2.75) is 59.5 Å². The van der Waals surface area contributed by atoms with E-state index in [9.17, 15) is 0 Å². The smallest absolute Gasteiger partial charge is 0.221 e. The maximum Gasteiger partial charge on any atom is 0.245 e. The van der Waals surface area contributed by atoms with Crippen LogP contribution in [0.25, 0.3) is 11.1 Å². The monoisotopic (exact) mass is 549 g/mol. The SMILES string of the molecule is CCc1cc(CC)cc(-c2ccccc2N2C=[N+](c3c(C)cc(C)cc3C)[C@@H](c3ccccc3)[C@@H]2c2ccccc2)c1. The molecule has 0 amide bonds. The maximum absolute atomic E-state index is 2.54. The van der Waals surface area contributed by atoms with Crippen LogP contribution in [-0.2, 0) is 12.8 Å². The van der Waals surface area contributed by atoms with Gasteiger partial charge in [0.1, 0.15) is 11.4 Å². The summed E-state index contributed by atoms with van der Waals surface area (Å²) >= 11 is 0. The first-order chi connectivity index (χ1) is 20.5. The summed E-state index contributed by atoms with van der Waals surface area (Å²) < 4.78 is 2.54. The molecule has 6 rings (SSSR count). The molecule has 1 aliphatic heterocycles. The van der Waals surface area contributed by atoms with Crippen molar-refractivity contribution in [2.24, 2.45) is 0 Å². The summed E-state index contributed by atoms with van der Waals surface area (Å²) in [6.07, 6.45) is 4.44. The quantitative estimate of drug-likeness (QED) is 0.183. The maximum atomic E-state index is 2.54. The topological polar surface area (TPSA) is 6.25 Å². The summed E-state index contributed by atoms with van der Waals surface area (Å²) in [5.41, 5.74) is 14.4. The third kappa shape index (κ3) is 5.18. The lowest BCUT2D eigenvalue weighted by Gasteiger charge is -2.26. The van der Waals surface area contributed by atoms with E-state index in [0.29, 0.717) is 0 Å². The predicted molar refractivity (Wildman–Crippen MR) is 178 cm³/mol. The standard InChI is InChI=1S/C40H41N2/c1-6-31-24-32(7-2)26-35(25-31)36-20-14-15-21-37(36)41-27-42(38-29(4)22-28(3)23-30(38)5)40(34-18-12-9-13-19-34)39(41)33-16-10-8-11-17-33/h8-27,39-40H,6-7H2,1-5H3/q+1/t39-,40-/m0/s1. The summed E-state index contributed by atoms with van der Waals surface area (Å²) in [5.74, 6) is 0. The number of benzene rings is 5. The van der Waals surface area contributed by atoms with E-state index in [1.807, 2.05) is 0 Å². The highest BCUT2D eigenvalue weighted by atomic mass is 15.3. The molecule has 0 N–H and O–H groups in total. The van der Waals surface area contributed by atoms with Gasteiger partial charge in [0.25, 0.3) is 0 Å². The number of aryl methyl sites for hydroxylation is 5. The fraction of sp³-hybridized carbons (Fsp3) is 0.225. The second kappa shape index (κ2) is 11.8. The minimum Gasteiger partial charge on any atom is -0.221 e. The Morgan fingerprint density at radius 1 is 0.619 bits per heavy atom. The van der Waals surface area contributed by atoms with E-state index in [1.165, 1.54) is 61.4 Å². The van der Waals surface area contributed by atoms with Gasteiger partial charge in [-0.3, -0.25) is 0 Å². The van der Waals surface area contributed by atoms with Crippen LogP contribution in [0.2, 0.25) is 0 Å². The van der Waals surface area contributed by atoms with Gasteiger partial charge in [-0.15, -0.1) is 0 Å². The number of rotatable bonds is 7. The minimum absolute atomic E-state index is 0.0786. The van der Waals surface area contributed by atoms with Crippen LogP contribution in [0.5, 0.6) is 0 Å². The fourth-order valence-electron chi connectivity index (χ4n) is 6.83. The first-order valence-corrected chi connectivity index (χ1v) is 15.3. The predicted octanol–water partition coefficient (Wildman–Crippen LogP) is 10.1. The average Bonchev–Trinajstić information content (AvgIpc) is 3.41. The van der Waals surface area contributed by atoms with E-state index >= 15 is 0 Å². The molecule has 0 radical (unpaired) electrons. The van der Waals surface area contributed by atoms with Crippen LogP contribution in [0.1, 0.15) is 64.9 Å². The molecule has 0 unspecified atom stereocenters. The first kappa shape index (κ1) is 27.7. The van der Waals surface area contributed by atoms with E-state index in [1.54, 1.807) is 0 Å². The highest BCUT2D eigenvalue weighted by Gasteiger charge is 2.47. The van der Waals surface area contributed by atoms with Gasteiger partial charge in [-0.25, -0.2) is 9.48 Å². The Kier molecular flexibility index (Phi) is 7.80. The molecule has 2 heteroatoms. The van der Waals surface area contributed by atoms with E-state index < -0.39 is 0 Å². The molecular weight excluding hydrogens is 508 g/mol. The highest BCUT2D eigenvalue weighted by Crippen LogP contribution is 2.48. The molecule has 1 aliphatic rings. The normalized spacial score (nSPS) is 16.5. The minimum atomic E-state index is 0.0786. The molecule has 2 nitrogen and oxygen atoms in total. The van der Waals surface area contributed by atoms with E-state index in [0.717, 1.165) is 12.8 Å².